The minimum absolute atomic E-state index is 0.236. The molecule has 136 valence electrons. The van der Waals surface area contributed by atoms with Gasteiger partial charge in [0, 0.05) is 58.3 Å². The molecule has 1 aliphatic heterocycles. The Morgan fingerprint density at radius 3 is 2.71 bits per heavy atom. The number of carbonyl (C=O) groups is 1. The largest absolute Gasteiger partial charge is 0.390 e. The van der Waals surface area contributed by atoms with E-state index in [-0.39, 0.29) is 24.1 Å². The number of likely N-dealkylation sites (N-methyl/N-ethyl adjacent to an activating group) is 2. The second-order valence-corrected chi connectivity index (χ2v) is 6.87. The van der Waals surface area contributed by atoms with Crippen LogP contribution >= 0.6 is 0 Å². The van der Waals surface area contributed by atoms with Crippen molar-refractivity contribution in [3.05, 3.63) is 17.5 Å². The van der Waals surface area contributed by atoms with Crippen molar-refractivity contribution >= 4 is 5.91 Å². The van der Waals surface area contributed by atoms with Crippen molar-refractivity contribution in [3.63, 3.8) is 0 Å². The molecule has 1 aromatic heterocycles. The summed E-state index contributed by atoms with van der Waals surface area (Å²) in [5, 5.41) is 14.2. The van der Waals surface area contributed by atoms with Crippen LogP contribution in [0.1, 0.15) is 42.4 Å². The predicted octanol–water partition coefficient (Wildman–Crippen LogP) is 0.868. The van der Waals surface area contributed by atoms with E-state index in [0.717, 1.165) is 38.3 Å². The fraction of sp³-hybridized carbons (Fsp3) is 0.765. The predicted molar refractivity (Wildman–Crippen MR) is 92.1 cm³/mol. The van der Waals surface area contributed by atoms with Crippen LogP contribution in [0.3, 0.4) is 0 Å². The van der Waals surface area contributed by atoms with Gasteiger partial charge in [0.25, 0.3) is 5.91 Å². The first kappa shape index (κ1) is 18.9. The molecule has 24 heavy (non-hydrogen) atoms. The Kier molecular flexibility index (Phi) is 6.77. The number of aliphatic hydroxyl groups is 1. The number of hydrogen-bond donors (Lipinski definition) is 1. The number of hydrogen-bond acceptors (Lipinski definition) is 6. The molecule has 1 aliphatic rings. The average molecular weight is 338 g/mol. The molecule has 0 radical (unpaired) electrons. The normalized spacial score (nSPS) is 19.2. The smallest absolute Gasteiger partial charge is 0.292 e. The van der Waals surface area contributed by atoms with Crippen LogP contribution in [0.15, 0.2) is 10.6 Å². The highest BCUT2D eigenvalue weighted by Crippen LogP contribution is 2.18. The van der Waals surface area contributed by atoms with E-state index in [1.165, 1.54) is 4.90 Å². The number of amides is 1. The molecule has 2 unspecified atom stereocenters. The van der Waals surface area contributed by atoms with Crippen LogP contribution in [-0.2, 0) is 0 Å². The molecule has 2 rings (SSSR count). The van der Waals surface area contributed by atoms with Gasteiger partial charge in [0.1, 0.15) is 0 Å². The van der Waals surface area contributed by atoms with Gasteiger partial charge >= 0.3 is 0 Å². The Labute approximate surface area is 144 Å². The van der Waals surface area contributed by atoms with Crippen molar-refractivity contribution in [2.75, 3.05) is 53.4 Å². The average Bonchev–Trinajstić information content (AvgIpc) is 3.05. The maximum Gasteiger partial charge on any atom is 0.292 e. The van der Waals surface area contributed by atoms with E-state index in [9.17, 15) is 9.90 Å². The fourth-order valence-electron chi connectivity index (χ4n) is 2.80. The first-order valence-corrected chi connectivity index (χ1v) is 8.71. The lowest BCUT2D eigenvalue weighted by molar-refractivity contribution is 0.0479. The molecule has 0 bridgehead atoms. The molecule has 7 heteroatoms. The Balaban J connectivity index is 1.83. The van der Waals surface area contributed by atoms with Crippen molar-refractivity contribution < 1.29 is 14.4 Å². The van der Waals surface area contributed by atoms with Crippen molar-refractivity contribution in [2.24, 2.45) is 0 Å². The number of rotatable bonds is 7. The molecule has 1 fully saturated rings. The molecular formula is C17H30N4O3. The molecule has 0 saturated carbocycles. The minimum Gasteiger partial charge on any atom is -0.390 e. The van der Waals surface area contributed by atoms with E-state index < -0.39 is 6.10 Å². The van der Waals surface area contributed by atoms with Gasteiger partial charge in [-0.25, -0.2) is 0 Å². The van der Waals surface area contributed by atoms with Crippen molar-refractivity contribution in [1.29, 1.82) is 0 Å². The molecular weight excluding hydrogens is 308 g/mol. The first-order valence-electron chi connectivity index (χ1n) is 8.71. The van der Waals surface area contributed by atoms with Gasteiger partial charge in [-0.05, 0) is 13.5 Å². The number of aliphatic hydroxyl groups excluding tert-OH is 1. The third-order valence-electron chi connectivity index (χ3n) is 4.75. The molecule has 0 spiro atoms. The van der Waals surface area contributed by atoms with E-state index in [4.69, 9.17) is 4.52 Å². The number of carbonyl (C=O) groups excluding carboxylic acids is 1. The van der Waals surface area contributed by atoms with E-state index in [1.807, 2.05) is 0 Å². The lowest BCUT2D eigenvalue weighted by Gasteiger charge is -2.34. The Bertz CT molecular complexity index is 526. The highest BCUT2D eigenvalue weighted by Gasteiger charge is 2.23. The Morgan fingerprint density at radius 1 is 1.42 bits per heavy atom. The van der Waals surface area contributed by atoms with E-state index in [1.54, 1.807) is 13.1 Å². The van der Waals surface area contributed by atoms with Gasteiger partial charge in [0.15, 0.2) is 0 Å². The summed E-state index contributed by atoms with van der Waals surface area (Å²) in [6.07, 6.45) is 0.374. The topological polar surface area (TPSA) is 73.1 Å². The molecule has 7 nitrogen and oxygen atoms in total. The quantitative estimate of drug-likeness (QED) is 0.795. The summed E-state index contributed by atoms with van der Waals surface area (Å²) in [5.41, 5.74) is 0.798. The summed E-state index contributed by atoms with van der Waals surface area (Å²) in [4.78, 5) is 18.4. The zero-order chi connectivity index (χ0) is 17.7. The van der Waals surface area contributed by atoms with Gasteiger partial charge in [0.05, 0.1) is 11.8 Å². The van der Waals surface area contributed by atoms with Crippen LogP contribution in [0.25, 0.3) is 0 Å². The zero-order valence-corrected chi connectivity index (χ0v) is 15.2. The molecule has 1 amide bonds. The van der Waals surface area contributed by atoms with Crippen LogP contribution in [0.2, 0.25) is 0 Å². The maximum absolute atomic E-state index is 12.4. The Hall–Kier alpha value is -1.44. The summed E-state index contributed by atoms with van der Waals surface area (Å²) >= 11 is 0. The van der Waals surface area contributed by atoms with Crippen LogP contribution < -0.4 is 0 Å². The highest BCUT2D eigenvalue weighted by atomic mass is 16.5. The number of piperazine rings is 1. The van der Waals surface area contributed by atoms with Gasteiger partial charge in [0.2, 0.25) is 5.76 Å². The molecule has 0 aliphatic carbocycles. The van der Waals surface area contributed by atoms with E-state index in [2.05, 4.69) is 35.9 Å². The summed E-state index contributed by atoms with van der Waals surface area (Å²) in [6, 6.07) is 1.71. The zero-order valence-electron chi connectivity index (χ0n) is 15.2. The molecule has 1 N–H and O–H groups in total. The van der Waals surface area contributed by atoms with E-state index >= 15 is 0 Å². The first-order chi connectivity index (χ1) is 11.4. The van der Waals surface area contributed by atoms with Crippen molar-refractivity contribution in [3.8, 4) is 0 Å². The lowest BCUT2D eigenvalue weighted by atomic mass is 10.1. The fourth-order valence-corrected chi connectivity index (χ4v) is 2.80. The van der Waals surface area contributed by atoms with Crippen molar-refractivity contribution in [2.45, 2.75) is 32.3 Å². The summed E-state index contributed by atoms with van der Waals surface area (Å²) in [5.74, 6) is 0.262. The van der Waals surface area contributed by atoms with Gasteiger partial charge < -0.3 is 19.4 Å². The van der Waals surface area contributed by atoms with Crippen LogP contribution in [-0.4, -0.2) is 90.3 Å². The Morgan fingerprint density at radius 2 is 2.08 bits per heavy atom. The maximum atomic E-state index is 12.4. The van der Waals surface area contributed by atoms with Crippen LogP contribution in [0, 0.1) is 0 Å². The summed E-state index contributed by atoms with van der Waals surface area (Å²) in [7, 11) is 3.78. The van der Waals surface area contributed by atoms with Crippen molar-refractivity contribution in [1.82, 2.24) is 19.9 Å². The second kappa shape index (κ2) is 8.60. The SMILES string of the molecule is CCC(C)c1cc(C(=O)N(C)CC(O)CN2CCN(C)CC2)on1. The van der Waals surface area contributed by atoms with E-state index in [0.29, 0.717) is 6.54 Å². The minimum atomic E-state index is -0.570. The molecule has 1 saturated heterocycles. The summed E-state index contributed by atoms with van der Waals surface area (Å²) in [6.45, 7) is 8.91. The van der Waals surface area contributed by atoms with Gasteiger partial charge in [-0.15, -0.1) is 0 Å². The molecule has 2 heterocycles. The van der Waals surface area contributed by atoms with Gasteiger partial charge in [-0.1, -0.05) is 19.0 Å². The third-order valence-corrected chi connectivity index (χ3v) is 4.75. The number of aromatic nitrogens is 1. The number of β-amino-alcohol motifs (C(OH)–C–C–N with tert-alkyl or cyclic N) is 1. The standard InChI is InChI=1S/C17H30N4O3/c1-5-13(2)15-10-16(24-18-15)17(23)20(4)11-14(22)12-21-8-6-19(3)7-9-21/h10,13-14,22H,5-9,11-12H2,1-4H3. The third kappa shape index (κ3) is 5.03. The lowest BCUT2D eigenvalue weighted by Crippen LogP contribution is -2.48. The summed E-state index contributed by atoms with van der Waals surface area (Å²) < 4.78 is 5.18. The molecule has 2 atom stereocenters. The molecule has 1 aromatic rings. The van der Waals surface area contributed by atoms with Crippen LogP contribution in [0.4, 0.5) is 0 Å². The van der Waals surface area contributed by atoms with Crippen LogP contribution in [0.5, 0.6) is 0 Å². The second-order valence-electron chi connectivity index (χ2n) is 6.87. The highest BCUT2D eigenvalue weighted by molar-refractivity contribution is 5.91. The van der Waals surface area contributed by atoms with Gasteiger partial charge in [-0.2, -0.15) is 0 Å². The monoisotopic (exact) mass is 338 g/mol. The van der Waals surface area contributed by atoms with Gasteiger partial charge in [-0.3, -0.25) is 9.69 Å². The number of nitrogens with zero attached hydrogens (tertiary/aromatic N) is 4. The molecule has 0 aromatic carbocycles.